The molecule has 0 heterocycles. The summed E-state index contributed by atoms with van der Waals surface area (Å²) in [5.74, 6) is 0.137. The normalized spacial score (nSPS) is 10.1. The van der Waals surface area contributed by atoms with Crippen LogP contribution in [0.15, 0.2) is 48.5 Å². The first-order valence-electron chi connectivity index (χ1n) is 8.37. The molecule has 0 aliphatic rings. The summed E-state index contributed by atoms with van der Waals surface area (Å²) in [6, 6.07) is 13.7. The van der Waals surface area contributed by atoms with Crippen LogP contribution in [0.4, 0.5) is 0 Å². The molecule has 0 bridgehead atoms. The van der Waals surface area contributed by atoms with Gasteiger partial charge in [-0.25, -0.2) is 0 Å². The minimum absolute atomic E-state index is 0.0632. The highest BCUT2D eigenvalue weighted by Crippen LogP contribution is 2.13. The number of nitrogens with one attached hydrogen (secondary N) is 2. The van der Waals surface area contributed by atoms with Gasteiger partial charge in [-0.1, -0.05) is 19.1 Å². The Kier molecular flexibility index (Phi) is 6.91. The lowest BCUT2D eigenvalue weighted by Crippen LogP contribution is -2.28. The number of hydrogen-bond donors (Lipinski definition) is 2. The Labute approximate surface area is 152 Å². The predicted octanol–water partition coefficient (Wildman–Crippen LogP) is 2.33. The molecule has 0 unspecified atom stereocenters. The van der Waals surface area contributed by atoms with Crippen molar-refractivity contribution in [1.82, 2.24) is 10.6 Å². The van der Waals surface area contributed by atoms with Crippen molar-refractivity contribution in [2.45, 2.75) is 19.9 Å². The van der Waals surface area contributed by atoms with Crippen molar-refractivity contribution in [3.05, 3.63) is 65.2 Å². The van der Waals surface area contributed by atoms with E-state index in [1.54, 1.807) is 56.4 Å². The monoisotopic (exact) mass is 354 g/mol. The fourth-order valence-electron chi connectivity index (χ4n) is 2.31. The van der Waals surface area contributed by atoms with Crippen molar-refractivity contribution in [2.75, 3.05) is 13.7 Å². The van der Waals surface area contributed by atoms with Gasteiger partial charge in [-0.3, -0.25) is 14.4 Å². The van der Waals surface area contributed by atoms with Gasteiger partial charge in [-0.05, 0) is 42.0 Å². The van der Waals surface area contributed by atoms with Gasteiger partial charge in [0.1, 0.15) is 5.75 Å². The molecule has 2 N–H and O–H groups in total. The summed E-state index contributed by atoms with van der Waals surface area (Å²) in [5, 5.41) is 5.30. The van der Waals surface area contributed by atoms with E-state index in [0.717, 1.165) is 5.56 Å². The molecule has 0 saturated heterocycles. The fourth-order valence-corrected chi connectivity index (χ4v) is 2.31. The highest BCUT2D eigenvalue weighted by atomic mass is 16.5. The molecule has 0 atom stereocenters. The van der Waals surface area contributed by atoms with Crippen molar-refractivity contribution in [1.29, 1.82) is 0 Å². The first-order chi connectivity index (χ1) is 12.5. The van der Waals surface area contributed by atoms with Crippen LogP contribution in [0.5, 0.6) is 5.75 Å². The molecule has 2 amide bonds. The zero-order valence-corrected chi connectivity index (χ0v) is 14.9. The van der Waals surface area contributed by atoms with Crippen LogP contribution in [-0.4, -0.2) is 31.3 Å². The molecule has 6 nitrogen and oxygen atoms in total. The zero-order chi connectivity index (χ0) is 18.9. The maximum absolute atomic E-state index is 11.9. The lowest BCUT2D eigenvalue weighted by Gasteiger charge is -2.09. The molecule has 0 aliphatic carbocycles. The molecule has 2 aromatic carbocycles. The summed E-state index contributed by atoms with van der Waals surface area (Å²) in [4.78, 5) is 35.1. The zero-order valence-electron chi connectivity index (χ0n) is 14.9. The minimum Gasteiger partial charge on any atom is -0.484 e. The smallest absolute Gasteiger partial charge is 0.258 e. The fraction of sp³-hybridized carbons (Fsp3) is 0.250. The van der Waals surface area contributed by atoms with Crippen LogP contribution >= 0.6 is 0 Å². The molecule has 2 aromatic rings. The summed E-state index contributed by atoms with van der Waals surface area (Å²) in [6.07, 6.45) is 0.448. The summed E-state index contributed by atoms with van der Waals surface area (Å²) in [7, 11) is 1.57. The molecule has 0 aromatic heterocycles. The Morgan fingerprint density at radius 3 is 2.38 bits per heavy atom. The first-order valence-corrected chi connectivity index (χ1v) is 8.37. The maximum Gasteiger partial charge on any atom is 0.258 e. The SMILES string of the molecule is CCC(=O)c1ccc(OCC(=O)NCc2cccc(C(=O)NC)c2)cc1. The highest BCUT2D eigenvalue weighted by molar-refractivity contribution is 5.96. The van der Waals surface area contributed by atoms with E-state index in [2.05, 4.69) is 10.6 Å². The molecule has 0 fully saturated rings. The van der Waals surface area contributed by atoms with Crippen LogP contribution in [0.3, 0.4) is 0 Å². The summed E-state index contributed by atoms with van der Waals surface area (Å²) < 4.78 is 5.42. The number of rotatable bonds is 8. The van der Waals surface area contributed by atoms with E-state index in [1.165, 1.54) is 0 Å². The second-order valence-corrected chi connectivity index (χ2v) is 5.65. The summed E-state index contributed by atoms with van der Waals surface area (Å²) in [6.45, 7) is 1.98. The Balaban J connectivity index is 1.82. The standard InChI is InChI=1S/C20H22N2O4/c1-3-18(23)15-7-9-17(10-8-15)26-13-19(24)22-12-14-5-4-6-16(11-14)20(25)21-2/h4-11H,3,12-13H2,1-2H3,(H,21,25)(H,22,24). The average molecular weight is 354 g/mol. The first kappa shape index (κ1) is 19.2. The van der Waals surface area contributed by atoms with Gasteiger partial charge in [-0.15, -0.1) is 0 Å². The number of ketones is 1. The van der Waals surface area contributed by atoms with E-state index in [-0.39, 0.29) is 24.2 Å². The quantitative estimate of drug-likeness (QED) is 0.713. The van der Waals surface area contributed by atoms with Gasteiger partial charge < -0.3 is 15.4 Å². The molecule has 0 radical (unpaired) electrons. The molecule has 2 rings (SSSR count). The largest absolute Gasteiger partial charge is 0.484 e. The molecule has 0 aliphatic heterocycles. The van der Waals surface area contributed by atoms with E-state index in [0.29, 0.717) is 29.8 Å². The maximum atomic E-state index is 11.9. The van der Waals surface area contributed by atoms with Crippen LogP contribution in [-0.2, 0) is 11.3 Å². The number of carbonyl (C=O) groups excluding carboxylic acids is 3. The van der Waals surface area contributed by atoms with Gasteiger partial charge >= 0.3 is 0 Å². The van der Waals surface area contributed by atoms with Gasteiger partial charge in [0.15, 0.2) is 12.4 Å². The van der Waals surface area contributed by atoms with E-state index in [9.17, 15) is 14.4 Å². The molecular formula is C20H22N2O4. The summed E-state index contributed by atoms with van der Waals surface area (Å²) in [5.41, 5.74) is 1.99. The Hall–Kier alpha value is -3.15. The second kappa shape index (κ2) is 9.36. The van der Waals surface area contributed by atoms with Crippen LogP contribution < -0.4 is 15.4 Å². The number of benzene rings is 2. The number of hydrogen-bond acceptors (Lipinski definition) is 4. The number of amides is 2. The minimum atomic E-state index is -0.274. The topological polar surface area (TPSA) is 84.5 Å². The Bertz CT molecular complexity index is 785. The van der Waals surface area contributed by atoms with Gasteiger partial charge in [0.2, 0.25) is 0 Å². The van der Waals surface area contributed by atoms with Crippen molar-refractivity contribution < 1.29 is 19.1 Å². The van der Waals surface area contributed by atoms with Gasteiger partial charge in [0.05, 0.1) is 0 Å². The number of carbonyl (C=O) groups is 3. The molecule has 0 saturated carbocycles. The van der Waals surface area contributed by atoms with E-state index in [1.807, 2.05) is 6.07 Å². The van der Waals surface area contributed by atoms with Gasteiger partial charge in [0.25, 0.3) is 11.8 Å². The highest BCUT2D eigenvalue weighted by Gasteiger charge is 2.07. The predicted molar refractivity (Wildman–Crippen MR) is 98.2 cm³/mol. The Morgan fingerprint density at radius 2 is 1.73 bits per heavy atom. The van der Waals surface area contributed by atoms with Crippen molar-refractivity contribution in [3.8, 4) is 5.75 Å². The lowest BCUT2D eigenvalue weighted by atomic mass is 10.1. The average Bonchev–Trinajstić information content (AvgIpc) is 2.70. The third kappa shape index (κ3) is 5.44. The second-order valence-electron chi connectivity index (χ2n) is 5.65. The lowest BCUT2D eigenvalue weighted by molar-refractivity contribution is -0.123. The third-order valence-electron chi connectivity index (χ3n) is 3.77. The van der Waals surface area contributed by atoms with Gasteiger partial charge in [0, 0.05) is 31.1 Å². The van der Waals surface area contributed by atoms with Crippen LogP contribution in [0, 0.1) is 0 Å². The Morgan fingerprint density at radius 1 is 1.00 bits per heavy atom. The number of ether oxygens (including phenoxy) is 1. The van der Waals surface area contributed by atoms with E-state index < -0.39 is 0 Å². The number of Topliss-reactive ketones (excluding diaryl/α,β-unsaturated/α-hetero) is 1. The van der Waals surface area contributed by atoms with Crippen LogP contribution in [0.2, 0.25) is 0 Å². The van der Waals surface area contributed by atoms with Crippen LogP contribution in [0.25, 0.3) is 0 Å². The van der Waals surface area contributed by atoms with Gasteiger partial charge in [-0.2, -0.15) is 0 Å². The molecule has 0 spiro atoms. The van der Waals surface area contributed by atoms with Crippen LogP contribution in [0.1, 0.15) is 39.6 Å². The molecule has 26 heavy (non-hydrogen) atoms. The molecule has 136 valence electrons. The van der Waals surface area contributed by atoms with Crippen molar-refractivity contribution >= 4 is 17.6 Å². The third-order valence-corrected chi connectivity index (χ3v) is 3.77. The van der Waals surface area contributed by atoms with E-state index in [4.69, 9.17) is 4.74 Å². The molecule has 6 heteroatoms. The van der Waals surface area contributed by atoms with E-state index >= 15 is 0 Å². The van der Waals surface area contributed by atoms with Crippen molar-refractivity contribution in [2.24, 2.45) is 0 Å². The molecular weight excluding hydrogens is 332 g/mol. The summed E-state index contributed by atoms with van der Waals surface area (Å²) >= 11 is 0. The van der Waals surface area contributed by atoms with Crippen molar-refractivity contribution in [3.63, 3.8) is 0 Å².